The lowest BCUT2D eigenvalue weighted by Crippen LogP contribution is -2.12. The third kappa shape index (κ3) is 2.37. The zero-order valence-electron chi connectivity index (χ0n) is 9.03. The molecule has 96 valence electrons. The predicted molar refractivity (Wildman–Crippen MR) is 62.4 cm³/mol. The van der Waals surface area contributed by atoms with Gasteiger partial charge in [-0.3, -0.25) is 4.57 Å². The van der Waals surface area contributed by atoms with Crippen molar-refractivity contribution >= 4 is 18.2 Å². The smallest absolute Gasteiger partial charge is 0.368 e. The Morgan fingerprint density at radius 2 is 2.00 bits per heavy atom. The first-order valence-corrected chi connectivity index (χ1v) is 5.36. The number of hydrogen-bond acceptors (Lipinski definition) is 3. The van der Waals surface area contributed by atoms with Gasteiger partial charge in [0.1, 0.15) is 0 Å². The maximum atomic E-state index is 12.8. The third-order valence-corrected chi connectivity index (χ3v) is 2.75. The van der Waals surface area contributed by atoms with Gasteiger partial charge in [-0.2, -0.15) is 13.2 Å². The molecule has 0 aliphatic heterocycles. The molecule has 0 fully saturated rings. The summed E-state index contributed by atoms with van der Waals surface area (Å²) in [4.78, 5) is 0. The van der Waals surface area contributed by atoms with Crippen LogP contribution in [0.2, 0.25) is 0 Å². The molecule has 18 heavy (non-hydrogen) atoms. The third-order valence-electron chi connectivity index (χ3n) is 2.44. The quantitative estimate of drug-likeness (QED) is 0.827. The average molecular weight is 274 g/mol. The van der Waals surface area contributed by atoms with Crippen molar-refractivity contribution in [3.63, 3.8) is 0 Å². The van der Waals surface area contributed by atoms with Crippen LogP contribution >= 0.6 is 12.2 Å². The number of aromatic amines is 1. The van der Waals surface area contributed by atoms with Crippen LogP contribution in [0.1, 0.15) is 11.1 Å². The molecule has 0 saturated heterocycles. The molecule has 0 unspecified atom stereocenters. The molecule has 0 aliphatic rings. The molecule has 2 aromatic rings. The zero-order valence-corrected chi connectivity index (χ0v) is 9.85. The van der Waals surface area contributed by atoms with E-state index in [2.05, 4.69) is 10.2 Å². The van der Waals surface area contributed by atoms with Crippen LogP contribution in [0.3, 0.4) is 0 Å². The van der Waals surface area contributed by atoms with E-state index in [9.17, 15) is 13.2 Å². The molecule has 1 heterocycles. The van der Waals surface area contributed by atoms with Crippen molar-refractivity contribution in [1.82, 2.24) is 14.8 Å². The van der Waals surface area contributed by atoms with Gasteiger partial charge in [0.2, 0.25) is 5.95 Å². The number of nitrogens with two attached hydrogens (primary N) is 1. The minimum Gasteiger partial charge on any atom is -0.368 e. The van der Waals surface area contributed by atoms with Crippen LogP contribution in [0.25, 0.3) is 0 Å². The highest BCUT2D eigenvalue weighted by Gasteiger charge is 2.32. The lowest BCUT2D eigenvalue weighted by molar-refractivity contribution is -0.138. The number of rotatable bonds is 2. The lowest BCUT2D eigenvalue weighted by atomic mass is 10.1. The first-order valence-electron chi connectivity index (χ1n) is 4.95. The first-order chi connectivity index (χ1) is 8.39. The Bertz CT molecular complexity index is 614. The van der Waals surface area contributed by atoms with Crippen LogP contribution < -0.4 is 5.73 Å². The summed E-state index contributed by atoms with van der Waals surface area (Å²) < 4.78 is 39.9. The number of nitrogens with one attached hydrogen (secondary N) is 1. The largest absolute Gasteiger partial charge is 0.416 e. The van der Waals surface area contributed by atoms with Crippen molar-refractivity contribution in [1.29, 1.82) is 0 Å². The Balaban J connectivity index is 2.45. The number of anilines is 1. The molecular formula is C10H9F3N4S. The van der Waals surface area contributed by atoms with Crippen LogP contribution in [0.5, 0.6) is 0 Å². The molecule has 0 saturated carbocycles. The van der Waals surface area contributed by atoms with Gasteiger partial charge in [-0.05, 0) is 23.8 Å². The topological polar surface area (TPSA) is 59.6 Å². The number of nitrogen functional groups attached to an aromatic ring is 1. The summed E-state index contributed by atoms with van der Waals surface area (Å²) >= 11 is 4.89. The second kappa shape index (κ2) is 4.45. The number of nitrogens with zero attached hydrogens (tertiary/aromatic N) is 2. The number of hydrogen-bond donors (Lipinski definition) is 2. The summed E-state index contributed by atoms with van der Waals surface area (Å²) in [6, 6.07) is 5.28. The maximum absolute atomic E-state index is 12.8. The van der Waals surface area contributed by atoms with E-state index < -0.39 is 11.7 Å². The second-order valence-corrected chi connectivity index (χ2v) is 4.01. The zero-order chi connectivity index (χ0) is 13.3. The van der Waals surface area contributed by atoms with Gasteiger partial charge in [0, 0.05) is 0 Å². The minimum absolute atomic E-state index is 0.0528. The van der Waals surface area contributed by atoms with Gasteiger partial charge in [0.25, 0.3) is 0 Å². The van der Waals surface area contributed by atoms with E-state index in [0.717, 1.165) is 6.07 Å². The highest BCUT2D eigenvalue weighted by molar-refractivity contribution is 7.71. The molecular weight excluding hydrogens is 265 g/mol. The summed E-state index contributed by atoms with van der Waals surface area (Å²) in [6.45, 7) is -0.0726. The fourth-order valence-corrected chi connectivity index (χ4v) is 1.79. The number of benzene rings is 1. The van der Waals surface area contributed by atoms with Crippen molar-refractivity contribution in [2.24, 2.45) is 0 Å². The predicted octanol–water partition coefficient (Wildman–Crippen LogP) is 2.59. The molecule has 0 radical (unpaired) electrons. The van der Waals surface area contributed by atoms with Crippen molar-refractivity contribution in [2.45, 2.75) is 12.7 Å². The fourth-order valence-electron chi connectivity index (χ4n) is 1.59. The average Bonchev–Trinajstić information content (AvgIpc) is 2.60. The maximum Gasteiger partial charge on any atom is 0.416 e. The Labute approximate surface area is 105 Å². The summed E-state index contributed by atoms with van der Waals surface area (Å²) in [5, 5.41) is 6.07. The van der Waals surface area contributed by atoms with Gasteiger partial charge in [-0.1, -0.05) is 18.2 Å². The van der Waals surface area contributed by atoms with Crippen molar-refractivity contribution in [2.75, 3.05) is 5.73 Å². The minimum atomic E-state index is -4.41. The van der Waals surface area contributed by atoms with Crippen LogP contribution in [0.15, 0.2) is 24.3 Å². The molecule has 3 N–H and O–H groups in total. The highest BCUT2D eigenvalue weighted by Crippen LogP contribution is 2.32. The van der Waals surface area contributed by atoms with Gasteiger partial charge in [0.15, 0.2) is 4.77 Å². The Morgan fingerprint density at radius 3 is 2.56 bits per heavy atom. The van der Waals surface area contributed by atoms with E-state index in [1.165, 1.54) is 22.8 Å². The molecule has 1 aromatic heterocycles. The highest BCUT2D eigenvalue weighted by atomic mass is 32.1. The molecule has 4 nitrogen and oxygen atoms in total. The molecule has 0 atom stereocenters. The molecule has 0 amide bonds. The number of aromatic nitrogens is 3. The van der Waals surface area contributed by atoms with Crippen molar-refractivity contribution in [3.05, 3.63) is 40.2 Å². The van der Waals surface area contributed by atoms with E-state index in [1.807, 2.05) is 0 Å². The number of alkyl halides is 3. The lowest BCUT2D eigenvalue weighted by Gasteiger charge is -2.13. The summed E-state index contributed by atoms with van der Waals surface area (Å²) in [5.74, 6) is 0.0528. The van der Waals surface area contributed by atoms with Crippen LogP contribution in [0, 0.1) is 4.77 Å². The molecule has 1 aromatic carbocycles. The molecule has 0 bridgehead atoms. The Hall–Kier alpha value is -1.83. The number of halogens is 3. The molecule has 0 aliphatic carbocycles. The van der Waals surface area contributed by atoms with E-state index in [1.54, 1.807) is 0 Å². The Morgan fingerprint density at radius 1 is 1.33 bits per heavy atom. The van der Waals surface area contributed by atoms with Crippen LogP contribution in [-0.2, 0) is 12.7 Å². The van der Waals surface area contributed by atoms with Gasteiger partial charge in [-0.15, -0.1) is 5.10 Å². The van der Waals surface area contributed by atoms with Crippen molar-refractivity contribution in [3.8, 4) is 0 Å². The van der Waals surface area contributed by atoms with Gasteiger partial charge in [0.05, 0.1) is 12.1 Å². The van der Waals surface area contributed by atoms with Crippen molar-refractivity contribution < 1.29 is 13.2 Å². The summed E-state index contributed by atoms with van der Waals surface area (Å²) in [5.41, 5.74) is 4.91. The van der Waals surface area contributed by atoms with E-state index in [-0.39, 0.29) is 22.8 Å². The SMILES string of the molecule is Nc1n[nH]c(=S)n1Cc1ccccc1C(F)(F)F. The van der Waals surface area contributed by atoms with E-state index in [0.29, 0.717) is 0 Å². The first kappa shape index (κ1) is 12.6. The van der Waals surface area contributed by atoms with Gasteiger partial charge in [-0.25, -0.2) is 5.10 Å². The van der Waals surface area contributed by atoms with E-state index in [4.69, 9.17) is 18.0 Å². The second-order valence-electron chi connectivity index (χ2n) is 3.63. The number of H-pyrrole nitrogens is 1. The summed E-state index contributed by atoms with van der Waals surface area (Å²) in [6.07, 6.45) is -4.41. The van der Waals surface area contributed by atoms with Gasteiger partial charge < -0.3 is 5.73 Å². The van der Waals surface area contributed by atoms with Crippen LogP contribution in [-0.4, -0.2) is 14.8 Å². The molecule has 0 spiro atoms. The standard InChI is InChI=1S/C10H9F3N4S/c11-10(12,13)7-4-2-1-3-6(7)5-17-8(14)15-16-9(17)18/h1-4H,5H2,(H2,14,15)(H,16,18). The van der Waals surface area contributed by atoms with Crippen LogP contribution in [0.4, 0.5) is 19.1 Å². The van der Waals surface area contributed by atoms with E-state index >= 15 is 0 Å². The normalized spacial score (nSPS) is 11.7. The molecule has 2 rings (SSSR count). The monoisotopic (exact) mass is 274 g/mol. The Kier molecular flexibility index (Phi) is 3.12. The summed E-state index contributed by atoms with van der Waals surface area (Å²) in [7, 11) is 0. The fraction of sp³-hybridized carbons (Fsp3) is 0.200. The molecule has 8 heteroatoms. The van der Waals surface area contributed by atoms with Gasteiger partial charge >= 0.3 is 6.18 Å².